The molecular formula is C12H19N3O3. The second kappa shape index (κ2) is 6.20. The quantitative estimate of drug-likeness (QED) is 0.356. The van der Waals surface area contributed by atoms with Gasteiger partial charge in [-0.1, -0.05) is 5.16 Å². The zero-order chi connectivity index (χ0) is 13.7. The zero-order valence-corrected chi connectivity index (χ0v) is 11.1. The summed E-state index contributed by atoms with van der Waals surface area (Å²) in [5.74, 6) is 0.340. The van der Waals surface area contributed by atoms with Crippen molar-refractivity contribution in [2.24, 2.45) is 10.9 Å². The van der Waals surface area contributed by atoms with Gasteiger partial charge in [0.1, 0.15) is 6.10 Å². The molecule has 0 aliphatic heterocycles. The lowest BCUT2D eigenvalue weighted by molar-refractivity contribution is 0.0886. The maximum absolute atomic E-state index is 8.80. The Morgan fingerprint density at radius 3 is 2.78 bits per heavy atom. The SMILES string of the molecule is COCC(C)Oc1nc(C)cc(C)c1C(N)=NO. The maximum atomic E-state index is 8.80. The molecule has 0 radical (unpaired) electrons. The lowest BCUT2D eigenvalue weighted by Gasteiger charge is -2.17. The van der Waals surface area contributed by atoms with Crippen LogP contribution in [0.4, 0.5) is 0 Å². The maximum Gasteiger partial charge on any atom is 0.225 e. The molecule has 100 valence electrons. The first kappa shape index (κ1) is 14.2. The number of oxime groups is 1. The van der Waals surface area contributed by atoms with E-state index in [1.807, 2.05) is 26.8 Å². The van der Waals surface area contributed by atoms with E-state index in [9.17, 15) is 0 Å². The van der Waals surface area contributed by atoms with Gasteiger partial charge in [-0.25, -0.2) is 4.98 Å². The van der Waals surface area contributed by atoms with Crippen LogP contribution in [-0.4, -0.2) is 35.8 Å². The highest BCUT2D eigenvalue weighted by Crippen LogP contribution is 2.21. The van der Waals surface area contributed by atoms with Gasteiger partial charge in [-0.3, -0.25) is 0 Å². The van der Waals surface area contributed by atoms with Crippen LogP contribution in [0.15, 0.2) is 11.2 Å². The van der Waals surface area contributed by atoms with Crippen LogP contribution in [0.25, 0.3) is 0 Å². The van der Waals surface area contributed by atoms with Gasteiger partial charge < -0.3 is 20.4 Å². The molecular weight excluding hydrogens is 234 g/mol. The number of ether oxygens (including phenoxy) is 2. The number of aryl methyl sites for hydroxylation is 2. The summed E-state index contributed by atoms with van der Waals surface area (Å²) in [5, 5.41) is 11.8. The first-order chi connectivity index (χ1) is 8.49. The summed E-state index contributed by atoms with van der Waals surface area (Å²) in [5.41, 5.74) is 7.80. The summed E-state index contributed by atoms with van der Waals surface area (Å²) in [7, 11) is 1.60. The van der Waals surface area contributed by atoms with E-state index in [1.54, 1.807) is 7.11 Å². The minimum atomic E-state index is -0.172. The standard InChI is InChI=1S/C12H19N3O3/c1-7-5-8(2)14-12(10(7)11(13)15-16)18-9(3)6-17-4/h5,9,16H,6H2,1-4H3,(H2,13,15). The Labute approximate surface area is 106 Å². The molecule has 3 N–H and O–H groups in total. The predicted molar refractivity (Wildman–Crippen MR) is 68.2 cm³/mol. The van der Waals surface area contributed by atoms with Gasteiger partial charge in [0.15, 0.2) is 5.84 Å². The van der Waals surface area contributed by atoms with E-state index in [-0.39, 0.29) is 11.9 Å². The van der Waals surface area contributed by atoms with Gasteiger partial charge >= 0.3 is 0 Å². The molecule has 0 amide bonds. The average molecular weight is 253 g/mol. The van der Waals surface area contributed by atoms with Crippen LogP contribution in [0.1, 0.15) is 23.7 Å². The number of amidine groups is 1. The molecule has 0 saturated carbocycles. The fourth-order valence-electron chi connectivity index (χ4n) is 1.71. The average Bonchev–Trinajstić information content (AvgIpc) is 2.27. The molecule has 0 aliphatic rings. The molecule has 0 saturated heterocycles. The summed E-state index contributed by atoms with van der Waals surface area (Å²) in [4.78, 5) is 4.28. The van der Waals surface area contributed by atoms with Crippen molar-refractivity contribution in [1.29, 1.82) is 0 Å². The Bertz CT molecular complexity index is 446. The van der Waals surface area contributed by atoms with Crippen LogP contribution in [0.2, 0.25) is 0 Å². The van der Waals surface area contributed by atoms with Crippen LogP contribution < -0.4 is 10.5 Å². The molecule has 1 aromatic heterocycles. The second-order valence-electron chi connectivity index (χ2n) is 4.13. The molecule has 1 unspecified atom stereocenters. The lowest BCUT2D eigenvalue weighted by atomic mass is 10.1. The number of nitrogens with two attached hydrogens (primary N) is 1. The molecule has 1 atom stereocenters. The van der Waals surface area contributed by atoms with E-state index < -0.39 is 0 Å². The molecule has 1 heterocycles. The third-order valence-corrected chi connectivity index (χ3v) is 2.39. The summed E-state index contributed by atoms with van der Waals surface area (Å²) < 4.78 is 10.7. The molecule has 1 aromatic rings. The van der Waals surface area contributed by atoms with Gasteiger partial charge in [0, 0.05) is 12.8 Å². The summed E-state index contributed by atoms with van der Waals surface area (Å²) in [6.07, 6.45) is -0.172. The number of aromatic nitrogens is 1. The van der Waals surface area contributed by atoms with Crippen LogP contribution in [-0.2, 0) is 4.74 Å². The van der Waals surface area contributed by atoms with Crippen LogP contribution in [0, 0.1) is 13.8 Å². The summed E-state index contributed by atoms with van der Waals surface area (Å²) in [6, 6.07) is 1.85. The molecule has 0 aromatic carbocycles. The normalized spacial score (nSPS) is 13.4. The van der Waals surface area contributed by atoms with Crippen molar-refractivity contribution < 1.29 is 14.7 Å². The van der Waals surface area contributed by atoms with Gasteiger partial charge in [-0.2, -0.15) is 0 Å². The molecule has 6 nitrogen and oxygen atoms in total. The van der Waals surface area contributed by atoms with Crippen LogP contribution in [0.5, 0.6) is 5.88 Å². The summed E-state index contributed by atoms with van der Waals surface area (Å²) >= 11 is 0. The topological polar surface area (TPSA) is 90.0 Å². The number of hydrogen-bond acceptors (Lipinski definition) is 5. The minimum Gasteiger partial charge on any atom is -0.472 e. The molecule has 0 bridgehead atoms. The van der Waals surface area contributed by atoms with E-state index in [0.717, 1.165) is 11.3 Å². The van der Waals surface area contributed by atoms with E-state index in [4.69, 9.17) is 20.4 Å². The monoisotopic (exact) mass is 253 g/mol. The number of methoxy groups -OCH3 is 1. The van der Waals surface area contributed by atoms with Crippen LogP contribution in [0.3, 0.4) is 0 Å². The first-order valence-corrected chi connectivity index (χ1v) is 5.61. The Morgan fingerprint density at radius 1 is 1.56 bits per heavy atom. The highest BCUT2D eigenvalue weighted by molar-refractivity contribution is 6.00. The van der Waals surface area contributed by atoms with E-state index >= 15 is 0 Å². The van der Waals surface area contributed by atoms with Crippen molar-refractivity contribution in [1.82, 2.24) is 4.98 Å². The third-order valence-electron chi connectivity index (χ3n) is 2.39. The van der Waals surface area contributed by atoms with Crippen LogP contribution >= 0.6 is 0 Å². The fourth-order valence-corrected chi connectivity index (χ4v) is 1.71. The first-order valence-electron chi connectivity index (χ1n) is 5.61. The minimum absolute atomic E-state index is 0.0142. The largest absolute Gasteiger partial charge is 0.472 e. The highest BCUT2D eigenvalue weighted by atomic mass is 16.5. The predicted octanol–water partition coefficient (Wildman–Crippen LogP) is 1.21. The molecule has 1 rings (SSSR count). The fraction of sp³-hybridized carbons (Fsp3) is 0.500. The second-order valence-corrected chi connectivity index (χ2v) is 4.13. The van der Waals surface area contributed by atoms with Gasteiger partial charge in [0.2, 0.25) is 5.88 Å². The molecule has 0 spiro atoms. The van der Waals surface area contributed by atoms with E-state index in [2.05, 4.69) is 10.1 Å². The van der Waals surface area contributed by atoms with Crippen molar-refractivity contribution in [3.05, 3.63) is 22.9 Å². The lowest BCUT2D eigenvalue weighted by Crippen LogP contribution is -2.23. The van der Waals surface area contributed by atoms with Crippen molar-refractivity contribution in [2.45, 2.75) is 26.9 Å². The summed E-state index contributed by atoms with van der Waals surface area (Å²) in [6.45, 7) is 6.01. The zero-order valence-electron chi connectivity index (χ0n) is 11.1. The van der Waals surface area contributed by atoms with Gasteiger partial charge in [-0.05, 0) is 32.4 Å². The van der Waals surface area contributed by atoms with E-state index in [0.29, 0.717) is 18.1 Å². The number of pyridine rings is 1. The van der Waals surface area contributed by atoms with Gasteiger partial charge in [0.05, 0.1) is 12.2 Å². The Morgan fingerprint density at radius 2 is 2.22 bits per heavy atom. The van der Waals surface area contributed by atoms with Gasteiger partial charge in [-0.15, -0.1) is 0 Å². The van der Waals surface area contributed by atoms with Crippen molar-refractivity contribution in [3.63, 3.8) is 0 Å². The highest BCUT2D eigenvalue weighted by Gasteiger charge is 2.16. The Kier molecular flexibility index (Phi) is 4.91. The number of hydrogen-bond donors (Lipinski definition) is 2. The number of nitrogens with zero attached hydrogens (tertiary/aromatic N) is 2. The Balaban J connectivity index is 3.15. The van der Waals surface area contributed by atoms with Crippen molar-refractivity contribution in [2.75, 3.05) is 13.7 Å². The molecule has 0 aliphatic carbocycles. The smallest absolute Gasteiger partial charge is 0.225 e. The van der Waals surface area contributed by atoms with E-state index in [1.165, 1.54) is 0 Å². The molecule has 0 fully saturated rings. The number of rotatable bonds is 5. The molecule has 18 heavy (non-hydrogen) atoms. The Hall–Kier alpha value is -1.82. The molecule has 6 heteroatoms. The third kappa shape index (κ3) is 3.33. The van der Waals surface area contributed by atoms with Gasteiger partial charge in [0.25, 0.3) is 0 Å². The van der Waals surface area contributed by atoms with Crippen molar-refractivity contribution in [3.8, 4) is 5.88 Å². The van der Waals surface area contributed by atoms with Crippen molar-refractivity contribution >= 4 is 5.84 Å².